The first-order valence-corrected chi connectivity index (χ1v) is 8.81. The summed E-state index contributed by atoms with van der Waals surface area (Å²) in [6.07, 6.45) is -0.148. The summed E-state index contributed by atoms with van der Waals surface area (Å²) in [5, 5.41) is 0. The van der Waals surface area contributed by atoms with Crippen molar-refractivity contribution in [3.8, 4) is 0 Å². The van der Waals surface area contributed by atoms with Crippen molar-refractivity contribution in [3.05, 3.63) is 28.3 Å². The van der Waals surface area contributed by atoms with Crippen LogP contribution in [-0.2, 0) is 14.8 Å². The molecule has 0 N–H and O–H groups in total. The number of sulfonamides is 1. The summed E-state index contributed by atoms with van der Waals surface area (Å²) >= 11 is 0. The van der Waals surface area contributed by atoms with Crippen LogP contribution >= 0.6 is 0 Å². The van der Waals surface area contributed by atoms with Crippen LogP contribution < -0.4 is 0 Å². The molecule has 118 valence electrons. The first-order valence-electron chi connectivity index (χ1n) is 7.37. The van der Waals surface area contributed by atoms with E-state index in [4.69, 9.17) is 4.74 Å². The van der Waals surface area contributed by atoms with Crippen LogP contribution in [-0.4, -0.2) is 38.0 Å². The molecule has 0 aromatic heterocycles. The number of ether oxygens (including phenoxy) is 1. The summed E-state index contributed by atoms with van der Waals surface area (Å²) in [4.78, 5) is 0.473. The lowest BCUT2D eigenvalue weighted by Crippen LogP contribution is -2.48. The minimum absolute atomic E-state index is 0.0740. The number of rotatable bonds is 2. The number of hydrogen-bond donors (Lipinski definition) is 0. The largest absolute Gasteiger partial charge is 0.373 e. The van der Waals surface area contributed by atoms with E-state index in [1.54, 1.807) is 4.31 Å². The Morgan fingerprint density at radius 2 is 1.43 bits per heavy atom. The van der Waals surface area contributed by atoms with Gasteiger partial charge in [0.2, 0.25) is 10.0 Å². The van der Waals surface area contributed by atoms with Gasteiger partial charge in [-0.15, -0.1) is 0 Å². The minimum atomic E-state index is -3.48. The molecule has 1 aliphatic heterocycles. The maximum atomic E-state index is 13.1. The third-order valence-electron chi connectivity index (χ3n) is 4.28. The van der Waals surface area contributed by atoms with Gasteiger partial charge in [-0.2, -0.15) is 4.31 Å². The summed E-state index contributed by atoms with van der Waals surface area (Å²) in [6, 6.07) is 2.05. The molecule has 4 nitrogen and oxygen atoms in total. The Bertz CT molecular complexity index is 616. The van der Waals surface area contributed by atoms with Gasteiger partial charge in [-0.1, -0.05) is 6.07 Å². The number of morpholine rings is 1. The topological polar surface area (TPSA) is 46.6 Å². The highest BCUT2D eigenvalue weighted by Gasteiger charge is 2.34. The minimum Gasteiger partial charge on any atom is -0.373 e. The van der Waals surface area contributed by atoms with Gasteiger partial charge in [0.25, 0.3) is 0 Å². The molecule has 1 aromatic rings. The monoisotopic (exact) mass is 311 g/mol. The molecule has 1 aliphatic rings. The van der Waals surface area contributed by atoms with Gasteiger partial charge in [-0.05, 0) is 63.8 Å². The molecule has 0 spiro atoms. The van der Waals surface area contributed by atoms with Crippen molar-refractivity contribution in [2.75, 3.05) is 13.1 Å². The van der Waals surface area contributed by atoms with Gasteiger partial charge in [0.1, 0.15) is 0 Å². The van der Waals surface area contributed by atoms with Crippen molar-refractivity contribution in [1.82, 2.24) is 4.31 Å². The summed E-state index contributed by atoms with van der Waals surface area (Å²) in [5.41, 5.74) is 3.74. The molecule has 1 fully saturated rings. The van der Waals surface area contributed by atoms with Crippen molar-refractivity contribution in [2.45, 2.75) is 58.6 Å². The molecular formula is C16H25NO3S. The van der Waals surface area contributed by atoms with Crippen LogP contribution in [0.3, 0.4) is 0 Å². The van der Waals surface area contributed by atoms with Gasteiger partial charge in [0, 0.05) is 13.1 Å². The van der Waals surface area contributed by atoms with Crippen LogP contribution in [0.1, 0.15) is 36.1 Å². The van der Waals surface area contributed by atoms with E-state index in [0.717, 1.165) is 22.3 Å². The second kappa shape index (κ2) is 5.71. The predicted molar refractivity (Wildman–Crippen MR) is 84.2 cm³/mol. The smallest absolute Gasteiger partial charge is 0.243 e. The van der Waals surface area contributed by atoms with E-state index in [-0.39, 0.29) is 12.2 Å². The van der Waals surface area contributed by atoms with Crippen molar-refractivity contribution in [1.29, 1.82) is 0 Å². The van der Waals surface area contributed by atoms with Crippen LogP contribution in [0, 0.1) is 27.7 Å². The molecule has 0 saturated carbocycles. The molecule has 1 heterocycles. The van der Waals surface area contributed by atoms with Crippen LogP contribution in [0.5, 0.6) is 0 Å². The standard InChI is InChI=1S/C16H25NO3S/c1-10-7-11(2)15(6)16(14(10)5)21(18,19)17-8-12(3)20-13(4)9-17/h7,12-13H,8-9H2,1-6H3/t12-,13-/m1/s1. The van der Waals surface area contributed by atoms with Crippen LogP contribution in [0.25, 0.3) is 0 Å². The zero-order valence-electron chi connectivity index (χ0n) is 13.7. The Morgan fingerprint density at radius 3 is 1.86 bits per heavy atom. The molecule has 21 heavy (non-hydrogen) atoms. The lowest BCUT2D eigenvalue weighted by atomic mass is 10.0. The first kappa shape index (κ1) is 16.5. The van der Waals surface area contributed by atoms with Gasteiger partial charge >= 0.3 is 0 Å². The summed E-state index contributed by atoms with van der Waals surface area (Å²) in [5.74, 6) is 0. The van der Waals surface area contributed by atoms with E-state index in [2.05, 4.69) is 0 Å². The second-order valence-electron chi connectivity index (χ2n) is 6.17. The van der Waals surface area contributed by atoms with Crippen molar-refractivity contribution in [2.24, 2.45) is 0 Å². The molecule has 0 radical (unpaired) electrons. The van der Waals surface area contributed by atoms with Crippen molar-refractivity contribution >= 4 is 10.0 Å². The van der Waals surface area contributed by atoms with Gasteiger partial charge < -0.3 is 4.74 Å². The summed E-state index contributed by atoms with van der Waals surface area (Å²) in [6.45, 7) is 12.4. The van der Waals surface area contributed by atoms with Crippen molar-refractivity contribution in [3.63, 3.8) is 0 Å². The highest BCUT2D eigenvalue weighted by molar-refractivity contribution is 7.89. The van der Waals surface area contributed by atoms with E-state index < -0.39 is 10.0 Å². The molecule has 1 saturated heterocycles. The Kier molecular flexibility index (Phi) is 4.47. The maximum absolute atomic E-state index is 13.1. The quantitative estimate of drug-likeness (QED) is 0.843. The average molecular weight is 311 g/mol. The Labute approximate surface area is 128 Å². The molecular weight excluding hydrogens is 286 g/mol. The third-order valence-corrected chi connectivity index (χ3v) is 6.39. The molecule has 0 aliphatic carbocycles. The maximum Gasteiger partial charge on any atom is 0.243 e. The molecule has 1 aromatic carbocycles. The van der Waals surface area contributed by atoms with E-state index in [1.165, 1.54) is 0 Å². The van der Waals surface area contributed by atoms with Crippen LogP contribution in [0.4, 0.5) is 0 Å². The number of aryl methyl sites for hydroxylation is 2. The molecule has 5 heteroatoms. The van der Waals surface area contributed by atoms with Gasteiger partial charge in [-0.3, -0.25) is 0 Å². The molecule has 0 bridgehead atoms. The molecule has 2 rings (SSSR count). The van der Waals surface area contributed by atoms with Gasteiger partial charge in [0.05, 0.1) is 17.1 Å². The fourth-order valence-electron chi connectivity index (χ4n) is 3.02. The average Bonchev–Trinajstić information content (AvgIpc) is 2.35. The number of hydrogen-bond acceptors (Lipinski definition) is 3. The number of benzene rings is 1. The van der Waals surface area contributed by atoms with E-state index in [1.807, 2.05) is 47.6 Å². The third kappa shape index (κ3) is 3.00. The number of nitrogens with zero attached hydrogens (tertiary/aromatic N) is 1. The lowest BCUT2D eigenvalue weighted by Gasteiger charge is -2.35. The van der Waals surface area contributed by atoms with E-state index in [0.29, 0.717) is 18.0 Å². The summed E-state index contributed by atoms with van der Waals surface area (Å²) < 4.78 is 33.4. The van der Waals surface area contributed by atoms with E-state index >= 15 is 0 Å². The first-order chi connectivity index (χ1) is 9.64. The second-order valence-corrected chi connectivity index (χ2v) is 8.04. The lowest BCUT2D eigenvalue weighted by molar-refractivity contribution is -0.0441. The Morgan fingerprint density at radius 1 is 1.00 bits per heavy atom. The Balaban J connectivity index is 2.55. The van der Waals surface area contributed by atoms with Crippen LogP contribution in [0.15, 0.2) is 11.0 Å². The predicted octanol–water partition coefficient (Wildman–Crippen LogP) is 2.72. The summed E-state index contributed by atoms with van der Waals surface area (Å²) in [7, 11) is -3.48. The fraction of sp³-hybridized carbons (Fsp3) is 0.625. The highest BCUT2D eigenvalue weighted by Crippen LogP contribution is 2.30. The molecule has 0 amide bonds. The Hall–Kier alpha value is -0.910. The zero-order chi connectivity index (χ0) is 15.9. The zero-order valence-corrected chi connectivity index (χ0v) is 14.5. The fourth-order valence-corrected chi connectivity index (χ4v) is 5.19. The van der Waals surface area contributed by atoms with Gasteiger partial charge in [-0.25, -0.2) is 8.42 Å². The molecule has 0 unspecified atom stereocenters. The highest BCUT2D eigenvalue weighted by atomic mass is 32.2. The SMILES string of the molecule is Cc1cc(C)c(C)c(S(=O)(=O)N2C[C@@H](C)O[C@H](C)C2)c1C. The van der Waals surface area contributed by atoms with E-state index in [9.17, 15) is 8.42 Å². The van der Waals surface area contributed by atoms with Crippen LogP contribution in [0.2, 0.25) is 0 Å². The van der Waals surface area contributed by atoms with Crippen molar-refractivity contribution < 1.29 is 13.2 Å². The van der Waals surface area contributed by atoms with Gasteiger partial charge in [0.15, 0.2) is 0 Å². The molecule has 2 atom stereocenters. The normalized spacial score (nSPS) is 24.3.